The summed E-state index contributed by atoms with van der Waals surface area (Å²) in [5, 5.41) is 3.65. The van der Waals surface area contributed by atoms with E-state index in [9.17, 15) is 0 Å². The summed E-state index contributed by atoms with van der Waals surface area (Å²) in [5.74, 6) is 0.868. The van der Waals surface area contributed by atoms with E-state index >= 15 is 0 Å². The van der Waals surface area contributed by atoms with Crippen molar-refractivity contribution in [1.82, 2.24) is 10.2 Å². The molecule has 1 aliphatic carbocycles. The summed E-state index contributed by atoms with van der Waals surface area (Å²) in [7, 11) is 0. The van der Waals surface area contributed by atoms with Crippen molar-refractivity contribution in [3.63, 3.8) is 0 Å². The fourth-order valence-electron chi connectivity index (χ4n) is 2.86. The number of benzene rings is 1. The monoisotopic (exact) mass is 274 g/mol. The molecule has 2 unspecified atom stereocenters. The molecule has 3 nitrogen and oxygen atoms in total. The van der Waals surface area contributed by atoms with Crippen LogP contribution in [0.2, 0.25) is 0 Å². The smallest absolute Gasteiger partial charge is 0.0593 e. The molecule has 2 atom stereocenters. The largest absolute Gasteiger partial charge is 0.380 e. The van der Waals surface area contributed by atoms with E-state index in [1.165, 1.54) is 18.4 Å². The lowest BCUT2D eigenvalue weighted by Gasteiger charge is -2.39. The number of rotatable bonds is 6. The molecule has 1 heterocycles. The molecule has 1 aliphatic heterocycles. The van der Waals surface area contributed by atoms with Crippen molar-refractivity contribution >= 4 is 0 Å². The van der Waals surface area contributed by atoms with Gasteiger partial charge in [-0.3, -0.25) is 4.90 Å². The summed E-state index contributed by atoms with van der Waals surface area (Å²) in [4.78, 5) is 2.56. The van der Waals surface area contributed by atoms with E-state index in [1.807, 2.05) is 0 Å². The second kappa shape index (κ2) is 6.70. The van der Waals surface area contributed by atoms with E-state index in [1.54, 1.807) is 0 Å². The molecule has 110 valence electrons. The van der Waals surface area contributed by atoms with Crippen molar-refractivity contribution in [2.45, 2.75) is 31.8 Å². The van der Waals surface area contributed by atoms with Gasteiger partial charge in [0.05, 0.1) is 6.61 Å². The lowest BCUT2D eigenvalue weighted by molar-refractivity contribution is 0.0658. The molecule has 1 saturated heterocycles. The van der Waals surface area contributed by atoms with Crippen molar-refractivity contribution < 1.29 is 4.74 Å². The SMILES string of the molecule is CC1CNC(c2ccccc2)CN1CCOCC1CC1. The average Bonchev–Trinajstić information content (AvgIpc) is 3.30. The Morgan fingerprint density at radius 2 is 2.05 bits per heavy atom. The molecular formula is C17H26N2O. The molecule has 20 heavy (non-hydrogen) atoms. The topological polar surface area (TPSA) is 24.5 Å². The van der Waals surface area contributed by atoms with Crippen molar-refractivity contribution in [2.24, 2.45) is 5.92 Å². The van der Waals surface area contributed by atoms with Crippen LogP contribution in [-0.4, -0.2) is 43.8 Å². The summed E-state index contributed by atoms with van der Waals surface area (Å²) in [6.07, 6.45) is 2.75. The number of nitrogens with zero attached hydrogens (tertiary/aromatic N) is 1. The first-order valence-corrected chi connectivity index (χ1v) is 7.93. The molecule has 1 aromatic rings. The maximum Gasteiger partial charge on any atom is 0.0593 e. The number of nitrogens with one attached hydrogen (secondary N) is 1. The van der Waals surface area contributed by atoms with E-state index in [-0.39, 0.29) is 0 Å². The van der Waals surface area contributed by atoms with Gasteiger partial charge < -0.3 is 10.1 Å². The summed E-state index contributed by atoms with van der Waals surface area (Å²) in [6, 6.07) is 11.8. The minimum atomic E-state index is 0.454. The Balaban J connectivity index is 1.47. The van der Waals surface area contributed by atoms with Crippen LogP contribution in [0.1, 0.15) is 31.4 Å². The summed E-state index contributed by atoms with van der Waals surface area (Å²) >= 11 is 0. The van der Waals surface area contributed by atoms with E-state index in [2.05, 4.69) is 47.5 Å². The fourth-order valence-corrected chi connectivity index (χ4v) is 2.86. The molecule has 2 fully saturated rings. The van der Waals surface area contributed by atoms with Crippen LogP contribution in [0.15, 0.2) is 30.3 Å². The second-order valence-corrected chi connectivity index (χ2v) is 6.23. The van der Waals surface area contributed by atoms with Gasteiger partial charge in [0.15, 0.2) is 0 Å². The first-order chi connectivity index (χ1) is 9.83. The Bertz CT molecular complexity index is 405. The van der Waals surface area contributed by atoms with Gasteiger partial charge in [-0.1, -0.05) is 30.3 Å². The Labute approximate surface area is 122 Å². The highest BCUT2D eigenvalue weighted by atomic mass is 16.5. The van der Waals surface area contributed by atoms with Crippen LogP contribution in [0, 0.1) is 5.92 Å². The van der Waals surface area contributed by atoms with Crippen molar-refractivity contribution in [3.8, 4) is 0 Å². The Morgan fingerprint density at radius 3 is 2.80 bits per heavy atom. The maximum atomic E-state index is 5.79. The van der Waals surface area contributed by atoms with Gasteiger partial charge >= 0.3 is 0 Å². The van der Waals surface area contributed by atoms with E-state index < -0.39 is 0 Å². The van der Waals surface area contributed by atoms with Crippen LogP contribution in [0.5, 0.6) is 0 Å². The number of ether oxygens (including phenoxy) is 1. The zero-order chi connectivity index (χ0) is 13.8. The van der Waals surface area contributed by atoms with Gasteiger partial charge in [0.1, 0.15) is 0 Å². The zero-order valence-electron chi connectivity index (χ0n) is 12.4. The Kier molecular flexibility index (Phi) is 4.71. The zero-order valence-corrected chi connectivity index (χ0v) is 12.4. The molecule has 2 aliphatic rings. The first kappa shape index (κ1) is 14.1. The minimum absolute atomic E-state index is 0.454. The molecule has 3 heteroatoms. The predicted molar refractivity (Wildman–Crippen MR) is 81.8 cm³/mol. The molecule has 1 saturated carbocycles. The van der Waals surface area contributed by atoms with Crippen LogP contribution in [0.25, 0.3) is 0 Å². The third-order valence-corrected chi connectivity index (χ3v) is 4.48. The van der Waals surface area contributed by atoms with E-state index in [4.69, 9.17) is 4.74 Å². The summed E-state index contributed by atoms with van der Waals surface area (Å²) in [6.45, 7) is 7.35. The van der Waals surface area contributed by atoms with Crippen LogP contribution >= 0.6 is 0 Å². The van der Waals surface area contributed by atoms with E-state index in [0.717, 1.165) is 38.8 Å². The van der Waals surface area contributed by atoms with Gasteiger partial charge in [-0.15, -0.1) is 0 Å². The highest BCUT2D eigenvalue weighted by Gasteiger charge is 2.26. The first-order valence-electron chi connectivity index (χ1n) is 7.93. The molecule has 0 spiro atoms. The van der Waals surface area contributed by atoms with Crippen LogP contribution < -0.4 is 5.32 Å². The molecule has 0 aromatic heterocycles. The summed E-state index contributed by atoms with van der Waals surface area (Å²) in [5.41, 5.74) is 1.39. The van der Waals surface area contributed by atoms with Crippen molar-refractivity contribution in [3.05, 3.63) is 35.9 Å². The predicted octanol–water partition coefficient (Wildman–Crippen LogP) is 2.45. The lowest BCUT2D eigenvalue weighted by Crippen LogP contribution is -2.52. The van der Waals surface area contributed by atoms with Gasteiger partial charge in [0.25, 0.3) is 0 Å². The highest BCUT2D eigenvalue weighted by molar-refractivity contribution is 5.20. The minimum Gasteiger partial charge on any atom is -0.380 e. The molecule has 0 radical (unpaired) electrons. The molecule has 3 rings (SSSR count). The number of hydrogen-bond donors (Lipinski definition) is 1. The Morgan fingerprint density at radius 1 is 1.25 bits per heavy atom. The van der Waals surface area contributed by atoms with E-state index in [0.29, 0.717) is 12.1 Å². The van der Waals surface area contributed by atoms with Gasteiger partial charge in [-0.2, -0.15) is 0 Å². The number of hydrogen-bond acceptors (Lipinski definition) is 3. The third-order valence-electron chi connectivity index (χ3n) is 4.48. The van der Waals surface area contributed by atoms with Gasteiger partial charge in [-0.05, 0) is 31.2 Å². The van der Waals surface area contributed by atoms with Gasteiger partial charge in [0.2, 0.25) is 0 Å². The normalized spacial score (nSPS) is 27.6. The summed E-state index contributed by atoms with van der Waals surface area (Å²) < 4.78 is 5.79. The van der Waals surface area contributed by atoms with Crippen LogP contribution in [0.4, 0.5) is 0 Å². The molecule has 0 bridgehead atoms. The average molecular weight is 274 g/mol. The Hall–Kier alpha value is -0.900. The van der Waals surface area contributed by atoms with Gasteiger partial charge in [-0.25, -0.2) is 0 Å². The fraction of sp³-hybridized carbons (Fsp3) is 0.647. The number of piperazine rings is 1. The second-order valence-electron chi connectivity index (χ2n) is 6.23. The quantitative estimate of drug-likeness (QED) is 0.806. The van der Waals surface area contributed by atoms with Gasteiger partial charge in [0, 0.05) is 38.3 Å². The molecule has 1 aromatic carbocycles. The van der Waals surface area contributed by atoms with Crippen LogP contribution in [0.3, 0.4) is 0 Å². The third kappa shape index (κ3) is 3.81. The highest BCUT2D eigenvalue weighted by Crippen LogP contribution is 2.28. The van der Waals surface area contributed by atoms with Crippen LogP contribution in [-0.2, 0) is 4.74 Å². The van der Waals surface area contributed by atoms with Crippen molar-refractivity contribution in [2.75, 3.05) is 32.8 Å². The molecule has 1 N–H and O–H groups in total. The molecule has 0 amide bonds. The standard InChI is InChI=1S/C17H26N2O/c1-14-11-18-17(16-5-3-2-4-6-16)12-19(14)9-10-20-13-15-7-8-15/h2-6,14-15,17-18H,7-13H2,1H3. The maximum absolute atomic E-state index is 5.79. The lowest BCUT2D eigenvalue weighted by atomic mass is 10.0. The molecular weight excluding hydrogens is 248 g/mol. The van der Waals surface area contributed by atoms with Crippen molar-refractivity contribution in [1.29, 1.82) is 0 Å².